The van der Waals surface area contributed by atoms with Gasteiger partial charge in [0.15, 0.2) is 5.15 Å². The van der Waals surface area contributed by atoms with Gasteiger partial charge in [-0.15, -0.1) is 0 Å². The fraction of sp³-hybridized carbons (Fsp3) is 0.526. The maximum atomic E-state index is 6.46. The van der Waals surface area contributed by atoms with Crippen LogP contribution in [0.25, 0.3) is 0 Å². The lowest BCUT2D eigenvalue weighted by molar-refractivity contribution is 0.192. The highest BCUT2D eigenvalue weighted by atomic mass is 35.5. The van der Waals surface area contributed by atoms with Crippen LogP contribution >= 0.6 is 35.0 Å². The van der Waals surface area contributed by atoms with Gasteiger partial charge in [-0.2, -0.15) is 0 Å². The summed E-state index contributed by atoms with van der Waals surface area (Å²) in [6.07, 6.45) is 8.23. The van der Waals surface area contributed by atoms with E-state index in [-0.39, 0.29) is 5.15 Å². The summed E-state index contributed by atoms with van der Waals surface area (Å²) in [6.45, 7) is 4.27. The van der Waals surface area contributed by atoms with E-state index in [0.717, 1.165) is 49.1 Å². The molecule has 4 rings (SSSR count). The van der Waals surface area contributed by atoms with Gasteiger partial charge in [-0.25, -0.2) is 15.0 Å². The summed E-state index contributed by atoms with van der Waals surface area (Å²) in [7, 11) is 0. The normalized spacial score (nSPS) is 24.1. The van der Waals surface area contributed by atoms with Gasteiger partial charge in [-0.05, 0) is 43.1 Å². The molecule has 2 aromatic heterocycles. The quantitative estimate of drug-likeness (QED) is 0.691. The molecule has 0 unspecified atom stereocenters. The van der Waals surface area contributed by atoms with Crippen LogP contribution in [0.1, 0.15) is 32.6 Å². The van der Waals surface area contributed by atoms with Crippen LogP contribution in [0.4, 0.5) is 11.6 Å². The lowest BCUT2D eigenvalue weighted by Crippen LogP contribution is -2.47. The van der Waals surface area contributed by atoms with Crippen LogP contribution in [0.5, 0.6) is 0 Å². The number of nitrogen functional groups attached to an aromatic ring is 1. The second-order valence-electron chi connectivity index (χ2n) is 7.97. The van der Waals surface area contributed by atoms with E-state index in [0.29, 0.717) is 27.2 Å². The zero-order valence-electron chi connectivity index (χ0n) is 15.7. The van der Waals surface area contributed by atoms with Crippen molar-refractivity contribution >= 4 is 46.6 Å². The highest BCUT2D eigenvalue weighted by Gasteiger charge is 2.45. The van der Waals surface area contributed by atoms with Gasteiger partial charge in [0.2, 0.25) is 0 Å². The summed E-state index contributed by atoms with van der Waals surface area (Å²) < 4.78 is 0. The Balaban J connectivity index is 1.42. The Bertz CT molecular complexity index is 854. The first-order valence-electron chi connectivity index (χ1n) is 9.48. The van der Waals surface area contributed by atoms with Crippen molar-refractivity contribution in [2.75, 3.05) is 23.7 Å². The van der Waals surface area contributed by atoms with Crippen LogP contribution in [0.2, 0.25) is 10.2 Å². The molecule has 6 nitrogen and oxygen atoms in total. The Labute approximate surface area is 179 Å². The zero-order valence-corrected chi connectivity index (χ0v) is 18.1. The molecular formula is C19H24Cl2N6S. The maximum Gasteiger partial charge on any atom is 0.151 e. The van der Waals surface area contributed by atoms with Crippen molar-refractivity contribution in [1.82, 2.24) is 15.0 Å². The fourth-order valence-electron chi connectivity index (χ4n) is 4.57. The van der Waals surface area contributed by atoms with Crippen LogP contribution in [0, 0.1) is 11.3 Å². The molecular weight excluding hydrogens is 415 g/mol. The second-order valence-corrected chi connectivity index (χ2v) is 9.76. The largest absolute Gasteiger partial charge is 0.384 e. The van der Waals surface area contributed by atoms with E-state index in [9.17, 15) is 0 Å². The van der Waals surface area contributed by atoms with Gasteiger partial charge in [0.25, 0.3) is 0 Å². The van der Waals surface area contributed by atoms with E-state index < -0.39 is 0 Å². The van der Waals surface area contributed by atoms with Crippen LogP contribution in [-0.2, 0) is 0 Å². The Morgan fingerprint density at radius 2 is 1.96 bits per heavy atom. The van der Waals surface area contributed by atoms with Crippen molar-refractivity contribution in [3.8, 4) is 0 Å². The SMILES string of the molecule is C[C@@H]1C[C@@H](N)C2(CCN(c3cnc(Sc4cc(N)nc(Cl)c4Cl)cn3)CC2)C1. The number of rotatable bonds is 3. The average molecular weight is 439 g/mol. The summed E-state index contributed by atoms with van der Waals surface area (Å²) in [5, 5.41) is 1.29. The molecule has 1 spiro atoms. The first-order chi connectivity index (χ1) is 13.4. The van der Waals surface area contributed by atoms with E-state index in [2.05, 4.69) is 26.8 Å². The molecule has 2 aliphatic rings. The number of hydrogen-bond donors (Lipinski definition) is 2. The van der Waals surface area contributed by atoms with Crippen LogP contribution in [0.3, 0.4) is 0 Å². The molecule has 1 aliphatic heterocycles. The third-order valence-corrected chi connectivity index (χ3v) is 7.84. The second kappa shape index (κ2) is 7.86. The van der Waals surface area contributed by atoms with Gasteiger partial charge in [0.1, 0.15) is 16.7 Å². The molecule has 2 atom stereocenters. The molecule has 3 heterocycles. The molecule has 4 N–H and O–H groups in total. The predicted octanol–water partition coefficient (Wildman–Crippen LogP) is 4.26. The predicted molar refractivity (Wildman–Crippen MR) is 115 cm³/mol. The molecule has 1 aliphatic carbocycles. The van der Waals surface area contributed by atoms with Gasteiger partial charge < -0.3 is 16.4 Å². The van der Waals surface area contributed by atoms with Gasteiger partial charge in [0.05, 0.1) is 17.4 Å². The number of hydrogen-bond acceptors (Lipinski definition) is 7. The number of nitrogens with zero attached hydrogens (tertiary/aromatic N) is 4. The van der Waals surface area contributed by atoms with Gasteiger partial charge in [0, 0.05) is 24.0 Å². The molecule has 2 aromatic rings. The number of halogens is 2. The van der Waals surface area contributed by atoms with Crippen molar-refractivity contribution in [3.05, 3.63) is 28.6 Å². The Morgan fingerprint density at radius 3 is 2.57 bits per heavy atom. The first kappa shape index (κ1) is 20.0. The van der Waals surface area contributed by atoms with Gasteiger partial charge >= 0.3 is 0 Å². The maximum absolute atomic E-state index is 6.46. The fourth-order valence-corrected chi connectivity index (χ4v) is 5.84. The molecule has 2 fully saturated rings. The summed E-state index contributed by atoms with van der Waals surface area (Å²) in [5.41, 5.74) is 12.5. The number of piperidine rings is 1. The third kappa shape index (κ3) is 3.90. The van der Waals surface area contributed by atoms with E-state index in [4.69, 9.17) is 34.7 Å². The molecule has 0 amide bonds. The monoisotopic (exact) mass is 438 g/mol. The van der Waals surface area contributed by atoms with E-state index in [1.54, 1.807) is 12.3 Å². The third-order valence-electron chi connectivity index (χ3n) is 6.01. The lowest BCUT2D eigenvalue weighted by Gasteiger charge is -2.42. The van der Waals surface area contributed by atoms with Crippen LogP contribution < -0.4 is 16.4 Å². The molecule has 150 valence electrons. The Morgan fingerprint density at radius 1 is 1.21 bits per heavy atom. The Hall–Kier alpha value is -1.28. The minimum absolute atomic E-state index is 0.190. The lowest BCUT2D eigenvalue weighted by atomic mass is 9.74. The topological polar surface area (TPSA) is 94.0 Å². The average Bonchev–Trinajstić information content (AvgIpc) is 2.93. The van der Waals surface area contributed by atoms with E-state index in [1.165, 1.54) is 18.2 Å². The number of nitrogens with two attached hydrogens (primary N) is 2. The molecule has 1 saturated heterocycles. The van der Waals surface area contributed by atoms with E-state index in [1.807, 2.05) is 6.20 Å². The molecule has 1 saturated carbocycles. The highest BCUT2D eigenvalue weighted by molar-refractivity contribution is 7.99. The molecule has 9 heteroatoms. The number of pyridine rings is 1. The number of aromatic nitrogens is 3. The van der Waals surface area contributed by atoms with Crippen molar-refractivity contribution in [2.24, 2.45) is 17.1 Å². The molecule has 0 radical (unpaired) electrons. The van der Waals surface area contributed by atoms with Gasteiger partial charge in [-0.1, -0.05) is 41.9 Å². The summed E-state index contributed by atoms with van der Waals surface area (Å²) in [4.78, 5) is 16.1. The van der Waals surface area contributed by atoms with Crippen molar-refractivity contribution in [1.29, 1.82) is 0 Å². The van der Waals surface area contributed by atoms with Crippen molar-refractivity contribution < 1.29 is 0 Å². The molecule has 28 heavy (non-hydrogen) atoms. The molecule has 0 aromatic carbocycles. The van der Waals surface area contributed by atoms with Crippen LogP contribution in [-0.4, -0.2) is 34.1 Å². The first-order valence-corrected chi connectivity index (χ1v) is 11.1. The van der Waals surface area contributed by atoms with Crippen molar-refractivity contribution in [2.45, 2.75) is 48.6 Å². The minimum Gasteiger partial charge on any atom is -0.384 e. The van der Waals surface area contributed by atoms with E-state index >= 15 is 0 Å². The summed E-state index contributed by atoms with van der Waals surface area (Å²) in [5.74, 6) is 1.96. The smallest absolute Gasteiger partial charge is 0.151 e. The molecule has 0 bridgehead atoms. The minimum atomic E-state index is 0.190. The highest BCUT2D eigenvalue weighted by Crippen LogP contribution is 2.48. The Kier molecular flexibility index (Phi) is 5.62. The zero-order chi connectivity index (χ0) is 19.9. The van der Waals surface area contributed by atoms with Crippen LogP contribution in [0.15, 0.2) is 28.4 Å². The standard InChI is InChI=1S/C19H24Cl2N6S/c1-11-6-13(22)19(8-11)2-4-27(5-3-19)15-9-25-16(10-24-15)28-12-7-14(23)26-18(21)17(12)20/h7,9-11,13H,2-6,8,22H2,1H3,(H2,23,26)/t11-,13-/m1/s1. The van der Waals surface area contributed by atoms with Crippen molar-refractivity contribution in [3.63, 3.8) is 0 Å². The summed E-state index contributed by atoms with van der Waals surface area (Å²) in [6, 6.07) is 2.02. The summed E-state index contributed by atoms with van der Waals surface area (Å²) >= 11 is 13.6. The number of anilines is 2. The van der Waals surface area contributed by atoms with Gasteiger partial charge in [-0.3, -0.25) is 0 Å².